The first-order chi connectivity index (χ1) is 7.44. The van der Waals surface area contributed by atoms with Crippen LogP contribution in [0, 0.1) is 0 Å². The van der Waals surface area contributed by atoms with E-state index in [0.29, 0.717) is 12.2 Å². The SMILES string of the molecule is CC(C)(C(=O)O)[S+]([O-])CCc1ccccc1. The Balaban J connectivity index is 2.53. The fourth-order valence-corrected chi connectivity index (χ4v) is 2.33. The van der Waals surface area contributed by atoms with Crippen LogP contribution in [0.2, 0.25) is 0 Å². The van der Waals surface area contributed by atoms with E-state index in [9.17, 15) is 9.35 Å². The maximum Gasteiger partial charge on any atom is 0.359 e. The van der Waals surface area contributed by atoms with E-state index in [4.69, 9.17) is 5.11 Å². The molecular weight excluding hydrogens is 224 g/mol. The third kappa shape index (κ3) is 3.25. The molecule has 0 amide bonds. The van der Waals surface area contributed by atoms with Crippen molar-refractivity contribution in [1.29, 1.82) is 0 Å². The summed E-state index contributed by atoms with van der Waals surface area (Å²) in [5.74, 6) is -0.637. The van der Waals surface area contributed by atoms with Crippen LogP contribution in [0.25, 0.3) is 0 Å². The summed E-state index contributed by atoms with van der Waals surface area (Å²) in [6.45, 7) is 2.99. The summed E-state index contributed by atoms with van der Waals surface area (Å²) >= 11 is -1.36. The van der Waals surface area contributed by atoms with Gasteiger partial charge in [-0.15, -0.1) is 0 Å². The fraction of sp³-hybridized carbons (Fsp3) is 0.417. The Labute approximate surface area is 98.7 Å². The van der Waals surface area contributed by atoms with Gasteiger partial charge in [0.1, 0.15) is 5.75 Å². The number of hydrogen-bond donors (Lipinski definition) is 1. The van der Waals surface area contributed by atoms with Crippen LogP contribution in [0.1, 0.15) is 19.4 Å². The van der Waals surface area contributed by atoms with Gasteiger partial charge in [0, 0.05) is 6.42 Å². The van der Waals surface area contributed by atoms with Crippen LogP contribution in [0.15, 0.2) is 30.3 Å². The lowest BCUT2D eigenvalue weighted by Gasteiger charge is -2.24. The van der Waals surface area contributed by atoms with E-state index in [1.54, 1.807) is 0 Å². The van der Waals surface area contributed by atoms with Crippen molar-refractivity contribution in [1.82, 2.24) is 0 Å². The Hall–Kier alpha value is -1.00. The van der Waals surface area contributed by atoms with Crippen molar-refractivity contribution >= 4 is 17.1 Å². The molecule has 3 nitrogen and oxygen atoms in total. The van der Waals surface area contributed by atoms with Gasteiger partial charge in [0.15, 0.2) is 0 Å². The summed E-state index contributed by atoms with van der Waals surface area (Å²) in [4.78, 5) is 10.9. The van der Waals surface area contributed by atoms with E-state index < -0.39 is 21.9 Å². The number of benzene rings is 1. The van der Waals surface area contributed by atoms with Gasteiger partial charge < -0.3 is 9.66 Å². The van der Waals surface area contributed by atoms with Gasteiger partial charge in [0.05, 0.1) is 0 Å². The lowest BCUT2D eigenvalue weighted by Crippen LogP contribution is -2.42. The van der Waals surface area contributed by atoms with Gasteiger partial charge >= 0.3 is 5.97 Å². The maximum atomic E-state index is 11.8. The molecule has 0 spiro atoms. The summed E-state index contributed by atoms with van der Waals surface area (Å²) in [5, 5.41) is 8.92. The molecule has 4 heteroatoms. The van der Waals surface area contributed by atoms with Crippen LogP contribution in [-0.2, 0) is 22.4 Å². The zero-order valence-corrected chi connectivity index (χ0v) is 10.3. The first kappa shape index (κ1) is 13.1. The van der Waals surface area contributed by atoms with Gasteiger partial charge in [-0.1, -0.05) is 30.3 Å². The predicted octanol–water partition coefficient (Wildman–Crippen LogP) is 1.84. The molecule has 0 heterocycles. The first-order valence-electron chi connectivity index (χ1n) is 5.10. The number of aliphatic carboxylic acids is 1. The average molecular weight is 240 g/mol. The standard InChI is InChI=1S/C12H16O3S/c1-12(2,11(13)14)16(15)9-8-10-6-4-3-5-7-10/h3-7H,8-9H2,1-2H3,(H,13,14). The summed E-state index contributed by atoms with van der Waals surface area (Å²) in [5.41, 5.74) is 1.08. The monoisotopic (exact) mass is 240 g/mol. The predicted molar refractivity (Wildman–Crippen MR) is 64.9 cm³/mol. The molecule has 0 aliphatic rings. The highest BCUT2D eigenvalue weighted by Gasteiger charge is 2.39. The van der Waals surface area contributed by atoms with Crippen LogP contribution in [-0.4, -0.2) is 26.1 Å². The molecule has 0 aromatic heterocycles. The van der Waals surface area contributed by atoms with Crippen molar-refractivity contribution < 1.29 is 14.5 Å². The quantitative estimate of drug-likeness (QED) is 0.799. The second-order valence-corrected chi connectivity index (χ2v) is 6.22. The van der Waals surface area contributed by atoms with Gasteiger partial charge in [-0.25, -0.2) is 4.79 Å². The number of rotatable bonds is 5. The molecule has 1 aromatic rings. The summed E-state index contributed by atoms with van der Waals surface area (Å²) < 4.78 is 10.6. The molecule has 1 atom stereocenters. The molecule has 1 N–H and O–H groups in total. The third-order valence-corrected chi connectivity index (χ3v) is 4.39. The average Bonchev–Trinajstić information content (AvgIpc) is 2.27. The van der Waals surface area contributed by atoms with Crippen LogP contribution in [0.3, 0.4) is 0 Å². The smallest absolute Gasteiger partial charge is 0.359 e. The Kier molecular flexibility index (Phi) is 4.38. The van der Waals surface area contributed by atoms with E-state index in [1.165, 1.54) is 13.8 Å². The third-order valence-electron chi connectivity index (χ3n) is 2.50. The van der Waals surface area contributed by atoms with E-state index in [0.717, 1.165) is 5.56 Å². The summed E-state index contributed by atoms with van der Waals surface area (Å²) in [6, 6.07) is 9.65. The van der Waals surface area contributed by atoms with Crippen molar-refractivity contribution in [2.45, 2.75) is 25.0 Å². The molecule has 0 saturated heterocycles. The minimum Gasteiger partial charge on any atom is -0.615 e. The van der Waals surface area contributed by atoms with Crippen LogP contribution < -0.4 is 0 Å². The Morgan fingerprint density at radius 1 is 1.38 bits per heavy atom. The van der Waals surface area contributed by atoms with Crippen LogP contribution in [0.5, 0.6) is 0 Å². The molecule has 1 rings (SSSR count). The highest BCUT2D eigenvalue weighted by atomic mass is 32.2. The first-order valence-corrected chi connectivity index (χ1v) is 6.42. The minimum absolute atomic E-state index is 0.378. The Bertz CT molecular complexity index is 349. The zero-order chi connectivity index (χ0) is 12.2. The van der Waals surface area contributed by atoms with Gasteiger partial charge in [0.2, 0.25) is 4.75 Å². The molecule has 1 aromatic carbocycles. The van der Waals surface area contributed by atoms with Crippen molar-refractivity contribution in [3.63, 3.8) is 0 Å². The van der Waals surface area contributed by atoms with E-state index in [-0.39, 0.29) is 0 Å². The van der Waals surface area contributed by atoms with Crippen molar-refractivity contribution in [3.8, 4) is 0 Å². The van der Waals surface area contributed by atoms with Crippen molar-refractivity contribution in [2.24, 2.45) is 0 Å². The van der Waals surface area contributed by atoms with Gasteiger partial charge in [-0.3, -0.25) is 0 Å². The van der Waals surface area contributed by atoms with Crippen LogP contribution in [0.4, 0.5) is 0 Å². The molecule has 0 fully saturated rings. The van der Waals surface area contributed by atoms with E-state index in [1.807, 2.05) is 30.3 Å². The Morgan fingerprint density at radius 3 is 2.44 bits per heavy atom. The van der Waals surface area contributed by atoms with E-state index in [2.05, 4.69) is 0 Å². The number of carboxylic acid groups (broad SMARTS) is 1. The molecule has 0 bridgehead atoms. The van der Waals surface area contributed by atoms with Gasteiger partial charge in [0.25, 0.3) is 0 Å². The van der Waals surface area contributed by atoms with Gasteiger partial charge in [-0.2, -0.15) is 0 Å². The Morgan fingerprint density at radius 2 is 1.94 bits per heavy atom. The molecule has 88 valence electrons. The van der Waals surface area contributed by atoms with Crippen molar-refractivity contribution in [3.05, 3.63) is 35.9 Å². The zero-order valence-electron chi connectivity index (χ0n) is 9.47. The second-order valence-electron chi connectivity index (χ2n) is 4.10. The number of aryl methyl sites for hydroxylation is 1. The number of carbonyl (C=O) groups is 1. The highest BCUT2D eigenvalue weighted by Crippen LogP contribution is 2.18. The largest absolute Gasteiger partial charge is 0.615 e. The normalized spacial score (nSPS) is 13.4. The van der Waals surface area contributed by atoms with Gasteiger partial charge in [-0.05, 0) is 30.6 Å². The maximum absolute atomic E-state index is 11.8. The van der Waals surface area contributed by atoms with E-state index >= 15 is 0 Å². The molecule has 0 radical (unpaired) electrons. The molecular formula is C12H16O3S. The molecule has 0 aliphatic heterocycles. The molecule has 16 heavy (non-hydrogen) atoms. The van der Waals surface area contributed by atoms with Crippen molar-refractivity contribution in [2.75, 3.05) is 5.75 Å². The number of hydrogen-bond acceptors (Lipinski definition) is 2. The second kappa shape index (κ2) is 5.37. The van der Waals surface area contributed by atoms with Crippen LogP contribution >= 0.6 is 0 Å². The fourth-order valence-electron chi connectivity index (χ4n) is 1.21. The lowest BCUT2D eigenvalue weighted by atomic mass is 10.2. The minimum atomic E-state index is -1.36. The highest BCUT2D eigenvalue weighted by molar-refractivity contribution is 7.93. The molecule has 0 saturated carbocycles. The molecule has 1 unspecified atom stereocenters. The number of carboxylic acids is 1. The summed E-state index contributed by atoms with van der Waals surface area (Å²) in [6.07, 6.45) is 0.643. The topological polar surface area (TPSA) is 60.4 Å². The molecule has 0 aliphatic carbocycles. The summed E-state index contributed by atoms with van der Waals surface area (Å²) in [7, 11) is 0. The lowest BCUT2D eigenvalue weighted by molar-refractivity contribution is -0.139.